The Kier molecular flexibility index (Phi) is 4.16. The van der Waals surface area contributed by atoms with Crippen LogP contribution in [0.2, 0.25) is 0 Å². The summed E-state index contributed by atoms with van der Waals surface area (Å²) in [4.78, 5) is 1.37. The summed E-state index contributed by atoms with van der Waals surface area (Å²) in [6, 6.07) is 2.08. The molecule has 0 amide bonds. The maximum absolute atomic E-state index is 9.38. The summed E-state index contributed by atoms with van der Waals surface area (Å²) in [5.41, 5.74) is 0.168. The molecule has 0 radical (unpaired) electrons. The third-order valence-electron chi connectivity index (χ3n) is 2.18. The second kappa shape index (κ2) is 4.77. The molecular formula is C11H17BrOS. The molecule has 1 N–H and O–H groups in total. The summed E-state index contributed by atoms with van der Waals surface area (Å²) < 4.78 is 1.20. The molecule has 1 aromatic rings. The molecule has 14 heavy (non-hydrogen) atoms. The Hall–Kier alpha value is 0.140. The molecular weight excluding hydrogens is 260 g/mol. The van der Waals surface area contributed by atoms with Crippen molar-refractivity contribution in [2.24, 2.45) is 5.41 Å². The van der Waals surface area contributed by atoms with E-state index in [1.54, 1.807) is 11.3 Å². The molecule has 1 nitrogen and oxygen atoms in total. The van der Waals surface area contributed by atoms with Gasteiger partial charge in [-0.3, -0.25) is 0 Å². The van der Waals surface area contributed by atoms with Crippen LogP contribution in [-0.2, 0) is 6.42 Å². The molecule has 0 saturated heterocycles. The normalized spacial score (nSPS) is 14.4. The maximum atomic E-state index is 9.38. The lowest BCUT2D eigenvalue weighted by Crippen LogP contribution is -2.20. The predicted molar refractivity (Wildman–Crippen MR) is 65.8 cm³/mol. The molecule has 1 unspecified atom stereocenters. The van der Waals surface area contributed by atoms with Crippen LogP contribution in [0.25, 0.3) is 0 Å². The highest BCUT2D eigenvalue weighted by atomic mass is 79.9. The minimum absolute atomic E-state index is 0.168. The first-order valence-electron chi connectivity index (χ1n) is 4.81. The van der Waals surface area contributed by atoms with Gasteiger partial charge in [0.2, 0.25) is 0 Å². The monoisotopic (exact) mass is 276 g/mol. The zero-order valence-electron chi connectivity index (χ0n) is 8.88. The molecule has 0 saturated carbocycles. The molecule has 80 valence electrons. The minimum atomic E-state index is -0.219. The van der Waals surface area contributed by atoms with Gasteiger partial charge in [0.25, 0.3) is 0 Å². The average molecular weight is 277 g/mol. The van der Waals surface area contributed by atoms with Gasteiger partial charge in [0.15, 0.2) is 0 Å². The van der Waals surface area contributed by atoms with Gasteiger partial charge in [-0.15, -0.1) is 11.3 Å². The Morgan fingerprint density at radius 1 is 1.57 bits per heavy atom. The van der Waals surface area contributed by atoms with Gasteiger partial charge in [0.05, 0.1) is 6.10 Å². The number of aliphatic hydroxyl groups is 1. The largest absolute Gasteiger partial charge is 0.393 e. The van der Waals surface area contributed by atoms with E-state index in [0.717, 1.165) is 12.8 Å². The van der Waals surface area contributed by atoms with Crippen molar-refractivity contribution in [1.82, 2.24) is 0 Å². The Morgan fingerprint density at radius 3 is 2.64 bits per heavy atom. The Bertz CT molecular complexity index is 291. The molecule has 0 aliphatic rings. The van der Waals surface area contributed by atoms with Crippen LogP contribution in [-0.4, -0.2) is 11.2 Å². The van der Waals surface area contributed by atoms with Crippen LogP contribution in [0.1, 0.15) is 32.1 Å². The molecule has 0 fully saturated rings. The molecule has 1 aromatic heterocycles. The van der Waals surface area contributed by atoms with E-state index in [9.17, 15) is 5.11 Å². The molecule has 0 spiro atoms. The van der Waals surface area contributed by atoms with Crippen molar-refractivity contribution in [2.75, 3.05) is 0 Å². The molecule has 0 aliphatic carbocycles. The second-order valence-electron chi connectivity index (χ2n) is 4.59. The van der Waals surface area contributed by atoms with E-state index < -0.39 is 0 Å². The highest BCUT2D eigenvalue weighted by molar-refractivity contribution is 9.10. The fourth-order valence-electron chi connectivity index (χ4n) is 1.76. The van der Waals surface area contributed by atoms with Gasteiger partial charge in [-0.05, 0) is 52.6 Å². The lowest BCUT2D eigenvalue weighted by atomic mass is 9.83. The van der Waals surface area contributed by atoms with Crippen molar-refractivity contribution in [3.63, 3.8) is 0 Å². The summed E-state index contributed by atoms with van der Waals surface area (Å²) in [5, 5.41) is 11.5. The first kappa shape index (κ1) is 12.2. The molecule has 3 heteroatoms. The third-order valence-corrected chi connectivity index (χ3v) is 4.10. The lowest BCUT2D eigenvalue weighted by Gasteiger charge is -2.25. The van der Waals surface area contributed by atoms with Gasteiger partial charge in [0, 0.05) is 9.35 Å². The molecule has 1 heterocycles. The van der Waals surface area contributed by atoms with Crippen LogP contribution in [0, 0.1) is 5.41 Å². The number of rotatable bonds is 4. The molecule has 0 aliphatic heterocycles. The molecule has 0 bridgehead atoms. The van der Waals surface area contributed by atoms with Gasteiger partial charge in [0.1, 0.15) is 0 Å². The average Bonchev–Trinajstić information content (AvgIpc) is 2.32. The number of aliphatic hydroxyl groups excluding tert-OH is 1. The highest BCUT2D eigenvalue weighted by Crippen LogP contribution is 2.33. The van der Waals surface area contributed by atoms with Crippen molar-refractivity contribution in [3.8, 4) is 0 Å². The van der Waals surface area contributed by atoms with Crippen LogP contribution >= 0.6 is 27.3 Å². The van der Waals surface area contributed by atoms with Gasteiger partial charge in [-0.1, -0.05) is 13.8 Å². The zero-order chi connectivity index (χ0) is 10.8. The standard InChI is InChI=1S/C11H17BrOS/c1-8(13)6-11(2,3)7-10-9(12)4-5-14-10/h4-5,8,13H,6-7H2,1-3H3. The van der Waals surface area contributed by atoms with E-state index >= 15 is 0 Å². The van der Waals surface area contributed by atoms with E-state index in [4.69, 9.17) is 0 Å². The number of hydrogen-bond donors (Lipinski definition) is 1. The quantitative estimate of drug-likeness (QED) is 0.886. The first-order chi connectivity index (χ1) is 6.41. The van der Waals surface area contributed by atoms with Crippen LogP contribution in [0.4, 0.5) is 0 Å². The Balaban J connectivity index is 2.63. The number of halogens is 1. The fourth-order valence-corrected chi connectivity index (χ4v) is 3.51. The van der Waals surface area contributed by atoms with Gasteiger partial charge in [-0.2, -0.15) is 0 Å². The van der Waals surface area contributed by atoms with Crippen molar-refractivity contribution in [3.05, 3.63) is 20.8 Å². The Morgan fingerprint density at radius 2 is 2.21 bits per heavy atom. The van der Waals surface area contributed by atoms with Crippen molar-refractivity contribution in [2.45, 2.75) is 39.7 Å². The topological polar surface area (TPSA) is 20.2 Å². The molecule has 0 aromatic carbocycles. The third kappa shape index (κ3) is 3.71. The van der Waals surface area contributed by atoms with E-state index in [0.29, 0.717) is 0 Å². The highest BCUT2D eigenvalue weighted by Gasteiger charge is 2.22. The fraction of sp³-hybridized carbons (Fsp3) is 0.636. The van der Waals surface area contributed by atoms with Crippen molar-refractivity contribution in [1.29, 1.82) is 0 Å². The molecule has 1 atom stereocenters. The van der Waals surface area contributed by atoms with Crippen LogP contribution < -0.4 is 0 Å². The van der Waals surface area contributed by atoms with Crippen molar-refractivity contribution >= 4 is 27.3 Å². The van der Waals surface area contributed by atoms with E-state index in [1.165, 1.54) is 9.35 Å². The second-order valence-corrected chi connectivity index (χ2v) is 6.44. The van der Waals surface area contributed by atoms with Gasteiger partial charge >= 0.3 is 0 Å². The van der Waals surface area contributed by atoms with Crippen molar-refractivity contribution < 1.29 is 5.11 Å². The zero-order valence-corrected chi connectivity index (χ0v) is 11.3. The Labute approximate surface area is 98.3 Å². The number of thiophene rings is 1. The predicted octanol–water partition coefficient (Wildman–Crippen LogP) is 3.85. The van der Waals surface area contributed by atoms with E-state index in [-0.39, 0.29) is 11.5 Å². The summed E-state index contributed by atoms with van der Waals surface area (Å²) in [6.45, 7) is 6.25. The maximum Gasteiger partial charge on any atom is 0.0517 e. The van der Waals surface area contributed by atoms with Crippen LogP contribution in [0.5, 0.6) is 0 Å². The van der Waals surface area contributed by atoms with E-state index in [2.05, 4.69) is 41.2 Å². The van der Waals surface area contributed by atoms with Gasteiger partial charge in [-0.25, -0.2) is 0 Å². The SMILES string of the molecule is CC(O)CC(C)(C)Cc1sccc1Br. The summed E-state index contributed by atoms with van der Waals surface area (Å²) >= 11 is 5.31. The van der Waals surface area contributed by atoms with E-state index in [1.807, 2.05) is 6.92 Å². The lowest BCUT2D eigenvalue weighted by molar-refractivity contribution is 0.130. The summed E-state index contributed by atoms with van der Waals surface area (Å²) in [5.74, 6) is 0. The summed E-state index contributed by atoms with van der Waals surface area (Å²) in [6.07, 6.45) is 1.65. The smallest absolute Gasteiger partial charge is 0.0517 e. The number of hydrogen-bond acceptors (Lipinski definition) is 2. The van der Waals surface area contributed by atoms with Crippen LogP contribution in [0.15, 0.2) is 15.9 Å². The van der Waals surface area contributed by atoms with Crippen LogP contribution in [0.3, 0.4) is 0 Å². The summed E-state index contributed by atoms with van der Waals surface area (Å²) in [7, 11) is 0. The molecule has 1 rings (SSSR count). The first-order valence-corrected chi connectivity index (χ1v) is 6.48. The minimum Gasteiger partial charge on any atom is -0.393 e. The van der Waals surface area contributed by atoms with Gasteiger partial charge < -0.3 is 5.11 Å².